The van der Waals surface area contributed by atoms with Crippen LogP contribution in [0.15, 0.2) is 140 Å². The zero-order valence-corrected chi connectivity index (χ0v) is 45.2. The third-order valence-electron chi connectivity index (χ3n) is 16.8. The van der Waals surface area contributed by atoms with Crippen molar-refractivity contribution in [3.05, 3.63) is 196 Å². The topological polar surface area (TPSA) is 112 Å². The summed E-state index contributed by atoms with van der Waals surface area (Å²) < 4.78 is 48.5. The highest BCUT2D eigenvalue weighted by molar-refractivity contribution is 5.71. The number of aliphatic carboxylic acids is 2. The normalized spacial score (nSPS) is 18.8. The lowest BCUT2D eigenvalue weighted by molar-refractivity contribution is -0.138. The standard InChI is InChI=1S/C66H69F2N3O7/c1-41-28-48(59-36-56(76-3)22-23-62(59)67)16-14-46(41)30-44-12-20-52(21-13-44)71-40-55(33-54(71)35-65(74)75)69-26-24-45(25-27-69)60-37-57(77-4)38-61(66(60)68)49-17-15-47(42(2)29-49)31-43-10-18-51(19-11-43)70-39-50(32-53(70)34-64(72)73)58-8-6-7-9-63(58)78-5/h6-23,28-29,36-38,45,50,53-55H,24-27,30-35,39-40H2,1-5H3,(H,72,73)(H,74,75)/t50-,53-,54-,55-/m1/s1. The Morgan fingerprint density at radius 2 is 1.12 bits per heavy atom. The summed E-state index contributed by atoms with van der Waals surface area (Å²) in [6.07, 6.45) is 4.49. The molecular weight excluding hydrogens is 985 g/mol. The Bertz CT molecular complexity index is 3280. The van der Waals surface area contributed by atoms with Gasteiger partial charge in [-0.2, -0.15) is 0 Å². The number of hydrogen-bond donors (Lipinski definition) is 2. The van der Waals surface area contributed by atoms with Gasteiger partial charge in [-0.3, -0.25) is 14.5 Å². The lowest BCUT2D eigenvalue weighted by Gasteiger charge is -2.36. The maximum absolute atomic E-state index is 17.0. The highest BCUT2D eigenvalue weighted by Crippen LogP contribution is 2.42. The van der Waals surface area contributed by atoms with Crippen molar-refractivity contribution >= 4 is 23.3 Å². The smallest absolute Gasteiger partial charge is 0.305 e. The first-order valence-electron chi connectivity index (χ1n) is 27.2. The summed E-state index contributed by atoms with van der Waals surface area (Å²) in [7, 11) is 4.87. The number of carboxylic acid groups (broad SMARTS) is 2. The Hall–Kier alpha value is -7.70. The van der Waals surface area contributed by atoms with E-state index < -0.39 is 11.9 Å². The molecule has 7 aromatic carbocycles. The number of hydrogen-bond acceptors (Lipinski definition) is 8. The Labute approximate surface area is 456 Å². The van der Waals surface area contributed by atoms with Crippen molar-refractivity contribution in [2.45, 2.75) is 95.2 Å². The Morgan fingerprint density at radius 3 is 1.68 bits per heavy atom. The first-order valence-corrected chi connectivity index (χ1v) is 27.2. The molecule has 0 radical (unpaired) electrons. The molecule has 3 aliphatic rings. The van der Waals surface area contributed by atoms with E-state index in [-0.39, 0.29) is 54.4 Å². The molecule has 10 rings (SSSR count). The van der Waals surface area contributed by atoms with Crippen LogP contribution < -0.4 is 24.0 Å². The number of methoxy groups -OCH3 is 3. The van der Waals surface area contributed by atoms with Gasteiger partial charge in [-0.05, 0) is 188 Å². The van der Waals surface area contributed by atoms with Crippen molar-refractivity contribution in [3.8, 4) is 39.5 Å². The van der Waals surface area contributed by atoms with E-state index in [0.29, 0.717) is 54.1 Å². The van der Waals surface area contributed by atoms with Crippen LogP contribution in [0.3, 0.4) is 0 Å². The fraction of sp³-hybridized carbons (Fsp3) is 0.333. The molecule has 0 unspecified atom stereocenters. The fourth-order valence-corrected chi connectivity index (χ4v) is 12.6. The summed E-state index contributed by atoms with van der Waals surface area (Å²) in [4.78, 5) is 31.1. The predicted molar refractivity (Wildman–Crippen MR) is 304 cm³/mol. The second-order valence-corrected chi connectivity index (χ2v) is 21.6. The highest BCUT2D eigenvalue weighted by Gasteiger charge is 2.39. The van der Waals surface area contributed by atoms with Gasteiger partial charge in [0.25, 0.3) is 0 Å². The lowest BCUT2D eigenvalue weighted by atomic mass is 9.86. The zero-order valence-electron chi connectivity index (χ0n) is 45.2. The maximum atomic E-state index is 17.0. The van der Waals surface area contributed by atoms with Crippen LogP contribution in [0.2, 0.25) is 0 Å². The number of para-hydroxylation sites is 1. The van der Waals surface area contributed by atoms with E-state index in [2.05, 4.69) is 94.4 Å². The Kier molecular flexibility index (Phi) is 16.2. The number of likely N-dealkylation sites (tertiary alicyclic amines) is 1. The number of piperidine rings is 1. The predicted octanol–water partition coefficient (Wildman–Crippen LogP) is 13.3. The fourth-order valence-electron chi connectivity index (χ4n) is 12.6. The molecule has 3 heterocycles. The van der Waals surface area contributed by atoms with Crippen molar-refractivity contribution in [3.63, 3.8) is 0 Å². The number of anilines is 2. The maximum Gasteiger partial charge on any atom is 0.305 e. The molecule has 3 fully saturated rings. The second kappa shape index (κ2) is 23.5. The van der Waals surface area contributed by atoms with E-state index in [1.165, 1.54) is 6.07 Å². The van der Waals surface area contributed by atoms with Crippen LogP contribution in [0, 0.1) is 25.5 Å². The van der Waals surface area contributed by atoms with E-state index in [1.807, 2.05) is 49.4 Å². The number of benzene rings is 7. The summed E-state index contributed by atoms with van der Waals surface area (Å²) in [5, 5.41) is 19.8. The zero-order chi connectivity index (χ0) is 54.6. The summed E-state index contributed by atoms with van der Waals surface area (Å²) in [5.74, 6) is 0.0347. The van der Waals surface area contributed by atoms with Crippen LogP contribution in [-0.2, 0) is 22.4 Å². The average molecular weight is 1050 g/mol. The Balaban J connectivity index is 0.776. The first-order chi connectivity index (χ1) is 37.7. The van der Waals surface area contributed by atoms with Gasteiger partial charge in [0.05, 0.1) is 34.2 Å². The van der Waals surface area contributed by atoms with Crippen LogP contribution in [0.25, 0.3) is 22.3 Å². The summed E-state index contributed by atoms with van der Waals surface area (Å²) in [6, 6.07) is 45.3. The summed E-state index contributed by atoms with van der Waals surface area (Å²) in [6.45, 7) is 7.07. The molecule has 10 nitrogen and oxygen atoms in total. The van der Waals surface area contributed by atoms with Crippen LogP contribution in [0.5, 0.6) is 17.2 Å². The van der Waals surface area contributed by atoms with Crippen LogP contribution >= 0.6 is 0 Å². The van der Waals surface area contributed by atoms with Crippen molar-refractivity contribution in [1.82, 2.24) is 4.90 Å². The van der Waals surface area contributed by atoms with Crippen molar-refractivity contribution in [1.29, 1.82) is 0 Å². The van der Waals surface area contributed by atoms with Gasteiger partial charge in [-0.15, -0.1) is 0 Å². The molecule has 0 bridgehead atoms. The quantitative estimate of drug-likeness (QED) is 0.0862. The minimum absolute atomic E-state index is 0.00631. The third kappa shape index (κ3) is 11.7. The van der Waals surface area contributed by atoms with Crippen LogP contribution in [0.4, 0.5) is 20.2 Å². The van der Waals surface area contributed by atoms with Gasteiger partial charge in [0.15, 0.2) is 0 Å². The van der Waals surface area contributed by atoms with Gasteiger partial charge in [0.2, 0.25) is 0 Å². The van der Waals surface area contributed by atoms with Gasteiger partial charge < -0.3 is 34.2 Å². The first kappa shape index (κ1) is 53.7. The number of halogens is 2. The molecule has 7 aromatic rings. The SMILES string of the molecule is COc1ccc(F)c(-c2ccc(Cc3ccc(N4C[C@H](N5CCC(c6cc(OC)cc(-c7ccc(Cc8ccc(N9C[C@H](c%10ccccc%10OC)C[C@@H]9CC(=O)O)cc8)c(C)c7)c6F)CC5)C[C@@H]4CC(=O)O)cc3)c(C)c2)c1. The van der Waals surface area contributed by atoms with Crippen molar-refractivity contribution in [2.75, 3.05) is 57.3 Å². The van der Waals surface area contributed by atoms with E-state index in [1.54, 1.807) is 39.5 Å². The number of carbonyl (C=O) groups is 2. The molecule has 0 spiro atoms. The molecule has 78 heavy (non-hydrogen) atoms. The summed E-state index contributed by atoms with van der Waals surface area (Å²) in [5.41, 5.74) is 13.0. The monoisotopic (exact) mass is 1050 g/mol. The van der Waals surface area contributed by atoms with Crippen molar-refractivity contribution < 1.29 is 42.8 Å². The van der Waals surface area contributed by atoms with Crippen LogP contribution in [-0.4, -0.2) is 92.7 Å². The molecule has 0 saturated carbocycles. The molecule has 3 aliphatic heterocycles. The number of ether oxygens (including phenoxy) is 3. The van der Waals surface area contributed by atoms with E-state index in [9.17, 15) is 24.2 Å². The third-order valence-corrected chi connectivity index (χ3v) is 16.8. The lowest BCUT2D eigenvalue weighted by Crippen LogP contribution is -2.42. The number of aryl methyl sites for hydroxylation is 2. The van der Waals surface area contributed by atoms with E-state index >= 15 is 4.39 Å². The molecule has 12 heteroatoms. The highest BCUT2D eigenvalue weighted by atomic mass is 19.1. The molecule has 0 aromatic heterocycles. The molecule has 4 atom stereocenters. The molecular formula is C66H69F2N3O7. The molecule has 404 valence electrons. The molecule has 2 N–H and O–H groups in total. The minimum atomic E-state index is -0.819. The minimum Gasteiger partial charge on any atom is -0.497 e. The van der Waals surface area contributed by atoms with Gasteiger partial charge in [0, 0.05) is 59.6 Å². The van der Waals surface area contributed by atoms with Gasteiger partial charge >= 0.3 is 11.9 Å². The van der Waals surface area contributed by atoms with Crippen LogP contribution in [0.1, 0.15) is 94.9 Å². The molecule has 0 amide bonds. The largest absolute Gasteiger partial charge is 0.497 e. The average Bonchev–Trinajstić information content (AvgIpc) is 4.14. The number of nitrogens with zero attached hydrogens (tertiary/aromatic N) is 3. The molecule has 3 saturated heterocycles. The van der Waals surface area contributed by atoms with E-state index in [4.69, 9.17) is 14.2 Å². The van der Waals surface area contributed by atoms with Crippen molar-refractivity contribution in [2.24, 2.45) is 0 Å². The van der Waals surface area contributed by atoms with Gasteiger partial charge in [0.1, 0.15) is 28.9 Å². The number of carboxylic acids is 2. The number of rotatable bonds is 18. The second-order valence-electron chi connectivity index (χ2n) is 21.6. The van der Waals surface area contributed by atoms with E-state index in [0.717, 1.165) is 106 Å². The molecule has 0 aliphatic carbocycles. The summed E-state index contributed by atoms with van der Waals surface area (Å²) >= 11 is 0. The van der Waals surface area contributed by atoms with Gasteiger partial charge in [-0.25, -0.2) is 8.78 Å². The Morgan fingerprint density at radius 1 is 0.564 bits per heavy atom. The van der Waals surface area contributed by atoms with Gasteiger partial charge in [-0.1, -0.05) is 78.9 Å².